The Morgan fingerprint density at radius 1 is 1.11 bits per heavy atom. The maximum absolute atomic E-state index is 12.4. The van der Waals surface area contributed by atoms with Crippen LogP contribution in [0.3, 0.4) is 0 Å². The predicted octanol–water partition coefficient (Wildman–Crippen LogP) is 4.06. The van der Waals surface area contributed by atoms with Crippen molar-refractivity contribution in [3.63, 3.8) is 0 Å². The normalized spacial score (nSPS) is 13.4. The maximum Gasteiger partial charge on any atom is 0.206 e. The van der Waals surface area contributed by atoms with Crippen molar-refractivity contribution in [2.45, 2.75) is 0 Å². The smallest absolute Gasteiger partial charge is 0.206 e. The molecular weight excluding hydrogens is 307 g/mol. The summed E-state index contributed by atoms with van der Waals surface area (Å²) in [5.74, 6) is 0.888. The lowest BCUT2D eigenvalue weighted by Crippen LogP contribution is -2.16. The van der Waals surface area contributed by atoms with Gasteiger partial charge in [0.1, 0.15) is 13.2 Å². The van der Waals surface area contributed by atoms with Gasteiger partial charge in [-0.2, -0.15) is 0 Å². The number of halogens is 2. The quantitative estimate of drug-likeness (QED) is 0.784. The van der Waals surface area contributed by atoms with Crippen LogP contribution in [-0.4, -0.2) is 19.0 Å². The summed E-state index contributed by atoms with van der Waals surface area (Å²) in [5, 5.41) is 2.53. The van der Waals surface area contributed by atoms with E-state index in [1.165, 1.54) is 11.3 Å². The second kappa shape index (κ2) is 5.04. The first-order chi connectivity index (χ1) is 9.16. The molecule has 98 valence electrons. The first-order valence-corrected chi connectivity index (χ1v) is 7.17. The number of benzene rings is 1. The van der Waals surface area contributed by atoms with E-state index < -0.39 is 0 Å². The Kier molecular flexibility index (Phi) is 3.39. The first-order valence-electron chi connectivity index (χ1n) is 5.53. The SMILES string of the molecule is O=C(c1cc2c(cc1Cl)OCCO2)c1sccc1Cl. The molecule has 0 fully saturated rings. The number of ether oxygens (including phenoxy) is 2. The summed E-state index contributed by atoms with van der Waals surface area (Å²) in [5.41, 5.74) is 0.371. The van der Waals surface area contributed by atoms with E-state index in [-0.39, 0.29) is 5.78 Å². The molecule has 3 nitrogen and oxygen atoms in total. The summed E-state index contributed by atoms with van der Waals surface area (Å²) in [6.45, 7) is 0.940. The minimum atomic E-state index is -0.207. The van der Waals surface area contributed by atoms with Gasteiger partial charge in [0.25, 0.3) is 0 Å². The number of rotatable bonds is 2. The molecule has 1 aliphatic rings. The average molecular weight is 315 g/mol. The highest BCUT2D eigenvalue weighted by atomic mass is 35.5. The number of ketones is 1. The number of thiophene rings is 1. The molecule has 0 radical (unpaired) electrons. The van der Waals surface area contributed by atoms with Gasteiger partial charge in [-0.05, 0) is 17.5 Å². The summed E-state index contributed by atoms with van der Waals surface area (Å²) in [6.07, 6.45) is 0. The summed E-state index contributed by atoms with van der Waals surface area (Å²) in [7, 11) is 0. The number of hydrogen-bond acceptors (Lipinski definition) is 4. The fraction of sp³-hybridized carbons (Fsp3) is 0.154. The van der Waals surface area contributed by atoms with Gasteiger partial charge in [0.2, 0.25) is 5.78 Å². The Morgan fingerprint density at radius 2 is 1.79 bits per heavy atom. The van der Waals surface area contributed by atoms with Gasteiger partial charge < -0.3 is 9.47 Å². The molecule has 0 aliphatic carbocycles. The Morgan fingerprint density at radius 3 is 2.42 bits per heavy atom. The van der Waals surface area contributed by atoms with Crippen LogP contribution >= 0.6 is 34.5 Å². The molecule has 1 aromatic heterocycles. The number of carbonyl (C=O) groups excluding carboxylic acids is 1. The van der Waals surface area contributed by atoms with Crippen molar-refractivity contribution in [3.8, 4) is 11.5 Å². The summed E-state index contributed by atoms with van der Waals surface area (Å²) in [6, 6.07) is 4.89. The van der Waals surface area contributed by atoms with Gasteiger partial charge in [-0.15, -0.1) is 11.3 Å². The summed E-state index contributed by atoms with van der Waals surface area (Å²) >= 11 is 13.4. The minimum Gasteiger partial charge on any atom is -0.486 e. The molecule has 1 aliphatic heterocycles. The van der Waals surface area contributed by atoms with Crippen molar-refractivity contribution in [1.29, 1.82) is 0 Å². The third-order valence-electron chi connectivity index (χ3n) is 2.70. The van der Waals surface area contributed by atoms with Crippen LogP contribution in [0.15, 0.2) is 23.6 Å². The molecule has 0 saturated carbocycles. The summed E-state index contributed by atoms with van der Waals surface area (Å²) < 4.78 is 10.9. The van der Waals surface area contributed by atoms with Crippen molar-refractivity contribution in [2.24, 2.45) is 0 Å². The van der Waals surface area contributed by atoms with Gasteiger partial charge >= 0.3 is 0 Å². The van der Waals surface area contributed by atoms with E-state index in [0.29, 0.717) is 45.2 Å². The highest BCUT2D eigenvalue weighted by Gasteiger charge is 2.22. The van der Waals surface area contributed by atoms with E-state index >= 15 is 0 Å². The zero-order chi connectivity index (χ0) is 13.4. The number of hydrogen-bond donors (Lipinski definition) is 0. The van der Waals surface area contributed by atoms with Gasteiger partial charge in [-0.3, -0.25) is 4.79 Å². The molecular formula is C13H8Cl2O3S. The molecule has 0 amide bonds. The number of fused-ring (bicyclic) bond motifs is 1. The Hall–Kier alpha value is -1.23. The van der Waals surface area contributed by atoms with Crippen molar-refractivity contribution in [1.82, 2.24) is 0 Å². The lowest BCUT2D eigenvalue weighted by molar-refractivity contribution is 0.104. The van der Waals surface area contributed by atoms with E-state index in [2.05, 4.69) is 0 Å². The molecule has 0 spiro atoms. The zero-order valence-electron chi connectivity index (χ0n) is 9.61. The fourth-order valence-electron chi connectivity index (χ4n) is 1.82. The molecule has 3 rings (SSSR count). The van der Waals surface area contributed by atoms with Crippen LogP contribution in [0.2, 0.25) is 10.0 Å². The summed E-state index contributed by atoms with van der Waals surface area (Å²) in [4.78, 5) is 12.9. The van der Waals surface area contributed by atoms with Crippen LogP contribution in [-0.2, 0) is 0 Å². The standard InChI is InChI=1S/C13H8Cl2O3S/c14-8-1-4-19-13(8)12(16)7-5-10-11(6-9(7)15)18-3-2-17-10/h1,4-6H,2-3H2. The third-order valence-corrected chi connectivity index (χ3v) is 4.35. The van der Waals surface area contributed by atoms with Crippen molar-refractivity contribution >= 4 is 40.3 Å². The Bertz CT molecular complexity index is 651. The highest BCUT2D eigenvalue weighted by molar-refractivity contribution is 7.13. The molecule has 0 unspecified atom stereocenters. The van der Waals surface area contributed by atoms with Crippen molar-refractivity contribution < 1.29 is 14.3 Å². The second-order valence-electron chi connectivity index (χ2n) is 3.90. The van der Waals surface area contributed by atoms with Crippen LogP contribution in [0.5, 0.6) is 11.5 Å². The van der Waals surface area contributed by atoms with E-state index in [1.54, 1.807) is 23.6 Å². The largest absolute Gasteiger partial charge is 0.486 e. The van der Waals surface area contributed by atoms with E-state index in [4.69, 9.17) is 32.7 Å². The highest BCUT2D eigenvalue weighted by Crippen LogP contribution is 2.37. The molecule has 1 aromatic carbocycles. The second-order valence-corrected chi connectivity index (χ2v) is 5.63. The Labute approximate surface area is 123 Å². The van der Waals surface area contributed by atoms with Gasteiger partial charge in [-0.1, -0.05) is 23.2 Å². The van der Waals surface area contributed by atoms with Crippen LogP contribution < -0.4 is 9.47 Å². The van der Waals surface area contributed by atoms with E-state index in [1.807, 2.05) is 0 Å². The average Bonchev–Trinajstić information content (AvgIpc) is 2.83. The van der Waals surface area contributed by atoms with Crippen LogP contribution in [0.4, 0.5) is 0 Å². The molecule has 0 saturated heterocycles. The van der Waals surface area contributed by atoms with Crippen LogP contribution in [0.25, 0.3) is 0 Å². The van der Waals surface area contributed by atoms with Crippen molar-refractivity contribution in [2.75, 3.05) is 13.2 Å². The molecule has 0 N–H and O–H groups in total. The zero-order valence-corrected chi connectivity index (χ0v) is 11.9. The molecule has 2 aromatic rings. The lowest BCUT2D eigenvalue weighted by atomic mass is 10.1. The maximum atomic E-state index is 12.4. The van der Waals surface area contributed by atoms with Gasteiger partial charge in [0, 0.05) is 11.6 Å². The van der Waals surface area contributed by atoms with Crippen LogP contribution in [0, 0.1) is 0 Å². The van der Waals surface area contributed by atoms with Crippen LogP contribution in [0.1, 0.15) is 15.2 Å². The monoisotopic (exact) mass is 314 g/mol. The van der Waals surface area contributed by atoms with Gasteiger partial charge in [-0.25, -0.2) is 0 Å². The lowest BCUT2D eigenvalue weighted by Gasteiger charge is -2.19. The molecule has 0 atom stereocenters. The molecule has 0 bridgehead atoms. The van der Waals surface area contributed by atoms with Crippen molar-refractivity contribution in [3.05, 3.63) is 44.1 Å². The van der Waals surface area contributed by atoms with E-state index in [0.717, 1.165) is 0 Å². The Balaban J connectivity index is 2.06. The molecule has 6 heteroatoms. The predicted molar refractivity (Wildman–Crippen MR) is 75.2 cm³/mol. The third kappa shape index (κ3) is 2.31. The van der Waals surface area contributed by atoms with E-state index in [9.17, 15) is 4.79 Å². The first kappa shape index (κ1) is 12.8. The van der Waals surface area contributed by atoms with Gasteiger partial charge in [0.05, 0.1) is 14.9 Å². The number of carbonyl (C=O) groups is 1. The topological polar surface area (TPSA) is 35.5 Å². The molecule has 19 heavy (non-hydrogen) atoms. The molecule has 2 heterocycles. The minimum absolute atomic E-state index is 0.207. The van der Waals surface area contributed by atoms with Gasteiger partial charge in [0.15, 0.2) is 11.5 Å². The fourth-order valence-corrected chi connectivity index (χ4v) is 3.15.